The van der Waals surface area contributed by atoms with Crippen LogP contribution >= 0.6 is 11.8 Å². The maximum absolute atomic E-state index is 13.4. The third kappa shape index (κ3) is 6.75. The zero-order chi connectivity index (χ0) is 28.8. The summed E-state index contributed by atoms with van der Waals surface area (Å²) in [5, 5.41) is 23.7. The van der Waals surface area contributed by atoms with Crippen LogP contribution in [0, 0.1) is 13.8 Å². The van der Waals surface area contributed by atoms with Gasteiger partial charge < -0.3 is 20.8 Å². The summed E-state index contributed by atoms with van der Waals surface area (Å²) in [4.78, 5) is 49.7. The first-order valence-electron chi connectivity index (χ1n) is 12.2. The number of anilines is 2. The molecule has 4 rings (SSSR count). The van der Waals surface area contributed by atoms with Crippen molar-refractivity contribution < 1.29 is 29.4 Å². The molecule has 9 heteroatoms. The number of hydrogen-bond acceptors (Lipinski definition) is 5. The van der Waals surface area contributed by atoms with Gasteiger partial charge in [-0.1, -0.05) is 36.4 Å². The van der Waals surface area contributed by atoms with Crippen molar-refractivity contribution in [2.24, 2.45) is 0 Å². The van der Waals surface area contributed by atoms with E-state index in [2.05, 4.69) is 10.6 Å². The van der Waals surface area contributed by atoms with E-state index >= 15 is 0 Å². The summed E-state index contributed by atoms with van der Waals surface area (Å²) < 4.78 is 0. The number of nitrogens with one attached hydrogen (secondary N) is 2. The number of thioether (sulfide) groups is 1. The Morgan fingerprint density at radius 2 is 1.35 bits per heavy atom. The van der Waals surface area contributed by atoms with Gasteiger partial charge in [-0.05, 0) is 85.1 Å². The van der Waals surface area contributed by atoms with Crippen LogP contribution < -0.4 is 10.6 Å². The van der Waals surface area contributed by atoms with E-state index in [-0.39, 0.29) is 17.0 Å². The number of hydrogen-bond donors (Lipinski definition) is 4. The van der Waals surface area contributed by atoms with Gasteiger partial charge in [-0.2, -0.15) is 0 Å². The molecule has 0 spiro atoms. The van der Waals surface area contributed by atoms with Crippen molar-refractivity contribution in [3.63, 3.8) is 0 Å². The first kappa shape index (κ1) is 28.1. The Bertz CT molecular complexity index is 1590. The molecule has 202 valence electrons. The van der Waals surface area contributed by atoms with Gasteiger partial charge in [0.15, 0.2) is 0 Å². The molecule has 4 aromatic carbocycles. The number of carboxylic acid groups (broad SMARTS) is 2. The molecule has 0 aromatic heterocycles. The molecular weight excluding hydrogens is 528 g/mol. The Morgan fingerprint density at radius 3 is 1.98 bits per heavy atom. The second-order valence-corrected chi connectivity index (χ2v) is 10.2. The van der Waals surface area contributed by atoms with Gasteiger partial charge in [0.05, 0.1) is 16.7 Å². The van der Waals surface area contributed by atoms with E-state index in [1.807, 2.05) is 62.4 Å². The van der Waals surface area contributed by atoms with E-state index in [1.165, 1.54) is 23.9 Å². The topological polar surface area (TPSA) is 133 Å². The lowest BCUT2D eigenvalue weighted by Crippen LogP contribution is -2.19. The predicted octanol–water partition coefficient (Wildman–Crippen LogP) is 6.42. The van der Waals surface area contributed by atoms with Crippen molar-refractivity contribution in [1.29, 1.82) is 0 Å². The third-order valence-electron chi connectivity index (χ3n) is 6.22. The molecule has 0 aliphatic heterocycles. The molecule has 2 amide bonds. The minimum absolute atomic E-state index is 0.164. The maximum Gasteiger partial charge on any atom is 0.336 e. The Morgan fingerprint density at radius 1 is 0.675 bits per heavy atom. The van der Waals surface area contributed by atoms with Crippen LogP contribution in [0.5, 0.6) is 0 Å². The molecule has 4 N–H and O–H groups in total. The number of carboxylic acids is 2. The second kappa shape index (κ2) is 12.3. The molecule has 8 nitrogen and oxygen atoms in total. The minimum atomic E-state index is -1.41. The fourth-order valence-corrected chi connectivity index (χ4v) is 4.96. The van der Waals surface area contributed by atoms with Crippen LogP contribution in [0.3, 0.4) is 0 Å². The molecule has 0 bridgehead atoms. The normalized spacial score (nSPS) is 11.3. The van der Waals surface area contributed by atoms with Gasteiger partial charge in [0, 0.05) is 16.3 Å². The number of aryl methyl sites for hydroxylation is 2. The van der Waals surface area contributed by atoms with Gasteiger partial charge in [-0.3, -0.25) is 9.59 Å². The summed E-state index contributed by atoms with van der Waals surface area (Å²) >= 11 is 1.35. The van der Waals surface area contributed by atoms with E-state index in [0.717, 1.165) is 27.7 Å². The SMILES string of the molecule is Cc1ccc(NC(=O)C(Sc2ccc(NC(=O)c3ccc(C(=O)O)cc3C(=O)O)cc2)c2ccccc2)cc1C. The average molecular weight is 555 g/mol. The highest BCUT2D eigenvalue weighted by atomic mass is 32.2. The molecule has 4 aromatic rings. The number of carbonyl (C=O) groups is 4. The van der Waals surface area contributed by atoms with Crippen molar-refractivity contribution in [2.75, 3.05) is 10.6 Å². The number of carbonyl (C=O) groups excluding carboxylic acids is 2. The Balaban J connectivity index is 1.51. The summed E-state index contributed by atoms with van der Waals surface area (Å²) in [7, 11) is 0. The molecule has 0 saturated heterocycles. The molecular formula is C31H26N2O6S. The van der Waals surface area contributed by atoms with Crippen LogP contribution in [0.4, 0.5) is 11.4 Å². The summed E-state index contributed by atoms with van der Waals surface area (Å²) in [5.74, 6) is -3.57. The Hall–Kier alpha value is -4.89. The zero-order valence-corrected chi connectivity index (χ0v) is 22.5. The molecule has 0 saturated carbocycles. The minimum Gasteiger partial charge on any atom is -0.478 e. The van der Waals surface area contributed by atoms with Crippen LogP contribution in [-0.4, -0.2) is 34.0 Å². The molecule has 1 unspecified atom stereocenters. The lowest BCUT2D eigenvalue weighted by atomic mass is 10.0. The van der Waals surface area contributed by atoms with Crippen molar-refractivity contribution in [3.05, 3.63) is 124 Å². The lowest BCUT2D eigenvalue weighted by molar-refractivity contribution is -0.115. The van der Waals surface area contributed by atoms with Crippen LogP contribution in [0.15, 0.2) is 95.9 Å². The summed E-state index contributed by atoms with van der Waals surface area (Å²) in [6.07, 6.45) is 0. The van der Waals surface area contributed by atoms with Crippen molar-refractivity contribution in [2.45, 2.75) is 24.0 Å². The summed E-state index contributed by atoms with van der Waals surface area (Å²) in [5.41, 5.74) is 3.35. The van der Waals surface area contributed by atoms with Gasteiger partial charge in [-0.25, -0.2) is 9.59 Å². The summed E-state index contributed by atoms with van der Waals surface area (Å²) in [6, 6.07) is 25.3. The molecule has 0 aliphatic carbocycles. The van der Waals surface area contributed by atoms with E-state index in [0.29, 0.717) is 11.4 Å². The van der Waals surface area contributed by atoms with E-state index in [1.54, 1.807) is 24.3 Å². The van der Waals surface area contributed by atoms with Crippen molar-refractivity contribution in [1.82, 2.24) is 0 Å². The third-order valence-corrected chi connectivity index (χ3v) is 7.49. The second-order valence-electron chi connectivity index (χ2n) is 9.05. The van der Waals surface area contributed by atoms with Crippen molar-refractivity contribution in [3.8, 4) is 0 Å². The Kier molecular flexibility index (Phi) is 8.66. The fraction of sp³-hybridized carbons (Fsp3) is 0.0968. The first-order chi connectivity index (χ1) is 19.1. The van der Waals surface area contributed by atoms with Crippen molar-refractivity contribution >= 4 is 46.9 Å². The molecule has 0 radical (unpaired) electrons. The standard InChI is InChI=1S/C31H26N2O6S/c1-18-8-10-23(16-19(18)2)33-29(35)27(20-6-4-3-5-7-20)40-24-13-11-22(12-14-24)32-28(34)25-15-9-21(30(36)37)17-26(25)31(38)39/h3-17,27H,1-2H3,(H,32,34)(H,33,35)(H,36,37)(H,38,39). The fourth-order valence-electron chi connectivity index (χ4n) is 3.93. The Labute approximate surface area is 235 Å². The summed E-state index contributed by atoms with van der Waals surface area (Å²) in [6.45, 7) is 4.00. The van der Waals surface area contributed by atoms with E-state index in [9.17, 15) is 24.3 Å². The largest absolute Gasteiger partial charge is 0.478 e. The van der Waals surface area contributed by atoms with Gasteiger partial charge in [0.25, 0.3) is 5.91 Å². The zero-order valence-electron chi connectivity index (χ0n) is 21.7. The van der Waals surface area contributed by atoms with E-state index < -0.39 is 28.7 Å². The van der Waals surface area contributed by atoms with Crippen LogP contribution in [0.1, 0.15) is 53.0 Å². The highest BCUT2D eigenvalue weighted by Crippen LogP contribution is 2.37. The lowest BCUT2D eigenvalue weighted by Gasteiger charge is -2.18. The smallest absolute Gasteiger partial charge is 0.336 e. The number of aromatic carboxylic acids is 2. The molecule has 40 heavy (non-hydrogen) atoms. The average Bonchev–Trinajstić information content (AvgIpc) is 2.94. The number of benzene rings is 4. The number of rotatable bonds is 9. The van der Waals surface area contributed by atoms with Crippen LogP contribution in [-0.2, 0) is 4.79 Å². The first-order valence-corrected chi connectivity index (χ1v) is 13.1. The van der Waals surface area contributed by atoms with E-state index in [4.69, 9.17) is 5.11 Å². The molecule has 0 fully saturated rings. The quantitative estimate of drug-likeness (QED) is 0.175. The molecule has 0 heterocycles. The van der Waals surface area contributed by atoms with Gasteiger partial charge in [0.2, 0.25) is 5.91 Å². The van der Waals surface area contributed by atoms with Gasteiger partial charge >= 0.3 is 11.9 Å². The highest BCUT2D eigenvalue weighted by molar-refractivity contribution is 8.00. The molecule has 0 aliphatic rings. The van der Waals surface area contributed by atoms with Gasteiger partial charge in [0.1, 0.15) is 5.25 Å². The maximum atomic E-state index is 13.4. The monoisotopic (exact) mass is 554 g/mol. The molecule has 1 atom stereocenters. The van der Waals surface area contributed by atoms with Crippen LogP contribution in [0.25, 0.3) is 0 Å². The predicted molar refractivity (Wildman–Crippen MR) is 154 cm³/mol. The van der Waals surface area contributed by atoms with Crippen LogP contribution in [0.2, 0.25) is 0 Å². The highest BCUT2D eigenvalue weighted by Gasteiger charge is 2.23. The van der Waals surface area contributed by atoms with Gasteiger partial charge in [-0.15, -0.1) is 11.8 Å². The number of amides is 2.